The van der Waals surface area contributed by atoms with E-state index in [2.05, 4.69) is 25.1 Å². The Balaban J connectivity index is 2.34. The highest BCUT2D eigenvalue weighted by Gasteiger charge is 2.19. The maximum atomic E-state index is 5.39. The van der Waals surface area contributed by atoms with Gasteiger partial charge in [0.25, 0.3) is 0 Å². The van der Waals surface area contributed by atoms with Crippen LogP contribution in [0.25, 0.3) is 0 Å². The van der Waals surface area contributed by atoms with Gasteiger partial charge in [0.2, 0.25) is 0 Å². The Labute approximate surface area is 101 Å². The lowest BCUT2D eigenvalue weighted by Crippen LogP contribution is -2.37. The Bertz CT molecular complexity index is 216. The summed E-state index contributed by atoms with van der Waals surface area (Å²) >= 11 is 0. The highest BCUT2D eigenvalue weighted by Crippen LogP contribution is 2.25. The predicted octanol–water partition coefficient (Wildman–Crippen LogP) is 3.74. The molecule has 0 aromatic rings. The third-order valence-corrected chi connectivity index (χ3v) is 3.99. The average Bonchev–Trinajstić information content (AvgIpc) is 2.53. The fraction of sp³-hybridized carbons (Fsp3) is 0.867. The fourth-order valence-corrected chi connectivity index (χ4v) is 2.75. The van der Waals surface area contributed by atoms with Gasteiger partial charge in [0.15, 0.2) is 0 Å². The molecule has 0 amide bonds. The first-order chi connectivity index (χ1) is 7.80. The van der Waals surface area contributed by atoms with E-state index in [4.69, 9.17) is 6.42 Å². The molecule has 92 valence electrons. The first-order valence-electron chi connectivity index (χ1n) is 6.99. The molecule has 1 saturated carbocycles. The second-order valence-corrected chi connectivity index (χ2v) is 5.16. The molecule has 0 spiro atoms. The van der Waals surface area contributed by atoms with Gasteiger partial charge in [-0.2, -0.15) is 0 Å². The maximum absolute atomic E-state index is 5.39. The van der Waals surface area contributed by atoms with Gasteiger partial charge >= 0.3 is 0 Å². The number of rotatable bonds is 5. The Morgan fingerprint density at radius 2 is 2.06 bits per heavy atom. The molecule has 3 atom stereocenters. The summed E-state index contributed by atoms with van der Waals surface area (Å²) in [5, 5.41) is 3.75. The van der Waals surface area contributed by atoms with E-state index in [0.717, 1.165) is 24.8 Å². The van der Waals surface area contributed by atoms with Crippen LogP contribution in [0.2, 0.25) is 0 Å². The van der Waals surface area contributed by atoms with Crippen molar-refractivity contribution in [1.29, 1.82) is 0 Å². The zero-order chi connectivity index (χ0) is 11.8. The van der Waals surface area contributed by atoms with Crippen molar-refractivity contribution >= 4 is 0 Å². The molecule has 1 aliphatic carbocycles. The van der Waals surface area contributed by atoms with E-state index in [-0.39, 0.29) is 0 Å². The zero-order valence-electron chi connectivity index (χ0n) is 11.0. The average molecular weight is 221 g/mol. The summed E-state index contributed by atoms with van der Waals surface area (Å²) in [7, 11) is 0. The highest BCUT2D eigenvalue weighted by molar-refractivity contribution is 4.90. The molecule has 16 heavy (non-hydrogen) atoms. The second-order valence-electron chi connectivity index (χ2n) is 5.16. The Morgan fingerprint density at radius 3 is 2.69 bits per heavy atom. The summed E-state index contributed by atoms with van der Waals surface area (Å²) in [5.41, 5.74) is 0. The van der Waals surface area contributed by atoms with Crippen LogP contribution in [0.1, 0.15) is 65.2 Å². The van der Waals surface area contributed by atoms with Crippen molar-refractivity contribution in [1.82, 2.24) is 5.32 Å². The van der Waals surface area contributed by atoms with Crippen LogP contribution in [0.3, 0.4) is 0 Å². The van der Waals surface area contributed by atoms with Crippen LogP contribution in [0.4, 0.5) is 0 Å². The van der Waals surface area contributed by atoms with E-state index < -0.39 is 0 Å². The number of hydrogen-bond donors (Lipinski definition) is 1. The number of hydrogen-bond acceptors (Lipinski definition) is 1. The van der Waals surface area contributed by atoms with Crippen LogP contribution in [-0.4, -0.2) is 12.1 Å². The van der Waals surface area contributed by atoms with Crippen LogP contribution >= 0.6 is 0 Å². The number of terminal acetylenes is 1. The summed E-state index contributed by atoms with van der Waals surface area (Å²) in [6.45, 7) is 4.55. The third-order valence-electron chi connectivity index (χ3n) is 3.99. The van der Waals surface area contributed by atoms with Crippen LogP contribution in [0.15, 0.2) is 0 Å². The summed E-state index contributed by atoms with van der Waals surface area (Å²) in [5.74, 6) is 3.75. The van der Waals surface area contributed by atoms with Crippen LogP contribution in [0, 0.1) is 18.3 Å². The molecule has 0 radical (unpaired) electrons. The molecule has 1 fully saturated rings. The molecule has 0 aromatic carbocycles. The van der Waals surface area contributed by atoms with Crippen LogP contribution in [0.5, 0.6) is 0 Å². The standard InChI is InChI=1S/C15H27N/c1-4-8-14(6-3)16-15-10-7-9-13(5-2)11-12-15/h1,13-16H,5-12H2,2-3H3. The largest absolute Gasteiger partial charge is 0.310 e. The van der Waals surface area contributed by atoms with E-state index in [9.17, 15) is 0 Å². The lowest BCUT2D eigenvalue weighted by atomic mass is 9.97. The molecule has 3 unspecified atom stereocenters. The van der Waals surface area contributed by atoms with Crippen molar-refractivity contribution < 1.29 is 0 Å². The molecule has 1 rings (SSSR count). The van der Waals surface area contributed by atoms with Gasteiger partial charge < -0.3 is 5.32 Å². The van der Waals surface area contributed by atoms with Crippen molar-refractivity contribution in [2.24, 2.45) is 5.92 Å². The molecule has 1 nitrogen and oxygen atoms in total. The van der Waals surface area contributed by atoms with E-state index >= 15 is 0 Å². The molecular formula is C15H27N. The molecule has 0 heterocycles. The minimum Gasteiger partial charge on any atom is -0.310 e. The van der Waals surface area contributed by atoms with Crippen LogP contribution in [-0.2, 0) is 0 Å². The van der Waals surface area contributed by atoms with Gasteiger partial charge in [-0.3, -0.25) is 0 Å². The van der Waals surface area contributed by atoms with Gasteiger partial charge in [-0.05, 0) is 31.6 Å². The lowest BCUT2D eigenvalue weighted by molar-refractivity contribution is 0.380. The molecule has 1 aliphatic rings. The van der Waals surface area contributed by atoms with Gasteiger partial charge in [-0.1, -0.05) is 33.1 Å². The minimum atomic E-state index is 0.535. The SMILES string of the molecule is C#CCC(CC)NC1CCCC(CC)CC1. The zero-order valence-corrected chi connectivity index (χ0v) is 11.0. The lowest BCUT2D eigenvalue weighted by Gasteiger charge is -2.22. The molecule has 1 N–H and O–H groups in total. The van der Waals surface area contributed by atoms with E-state index in [1.54, 1.807) is 0 Å². The van der Waals surface area contributed by atoms with Gasteiger partial charge in [-0.25, -0.2) is 0 Å². The van der Waals surface area contributed by atoms with Crippen molar-refractivity contribution in [3.63, 3.8) is 0 Å². The van der Waals surface area contributed by atoms with E-state index in [1.807, 2.05) is 0 Å². The topological polar surface area (TPSA) is 12.0 Å². The maximum Gasteiger partial charge on any atom is 0.0240 e. The smallest absolute Gasteiger partial charge is 0.0240 e. The molecule has 0 aliphatic heterocycles. The minimum absolute atomic E-state index is 0.535. The summed E-state index contributed by atoms with van der Waals surface area (Å²) in [6, 6.07) is 1.25. The fourth-order valence-electron chi connectivity index (χ4n) is 2.75. The molecular weight excluding hydrogens is 194 g/mol. The predicted molar refractivity (Wildman–Crippen MR) is 71.3 cm³/mol. The van der Waals surface area contributed by atoms with E-state index in [1.165, 1.54) is 38.5 Å². The first-order valence-corrected chi connectivity index (χ1v) is 6.99. The molecule has 0 bridgehead atoms. The summed E-state index contributed by atoms with van der Waals surface area (Å²) in [4.78, 5) is 0. The normalized spacial score (nSPS) is 28.1. The Morgan fingerprint density at radius 1 is 1.25 bits per heavy atom. The van der Waals surface area contributed by atoms with Gasteiger partial charge in [0.05, 0.1) is 0 Å². The molecule has 0 aromatic heterocycles. The highest BCUT2D eigenvalue weighted by atomic mass is 14.9. The Kier molecular flexibility index (Phi) is 6.57. The van der Waals surface area contributed by atoms with Gasteiger partial charge in [0, 0.05) is 18.5 Å². The van der Waals surface area contributed by atoms with Crippen molar-refractivity contribution in [2.75, 3.05) is 0 Å². The Hall–Kier alpha value is -0.480. The van der Waals surface area contributed by atoms with Crippen molar-refractivity contribution in [3.05, 3.63) is 0 Å². The number of nitrogens with one attached hydrogen (secondary N) is 1. The van der Waals surface area contributed by atoms with Crippen molar-refractivity contribution in [2.45, 2.75) is 77.3 Å². The van der Waals surface area contributed by atoms with Gasteiger partial charge in [0.1, 0.15) is 0 Å². The quantitative estimate of drug-likeness (QED) is 0.551. The summed E-state index contributed by atoms with van der Waals surface area (Å²) < 4.78 is 0. The molecule has 1 heteroatoms. The van der Waals surface area contributed by atoms with E-state index in [0.29, 0.717) is 6.04 Å². The van der Waals surface area contributed by atoms with Gasteiger partial charge in [-0.15, -0.1) is 12.3 Å². The monoisotopic (exact) mass is 221 g/mol. The van der Waals surface area contributed by atoms with Crippen LogP contribution < -0.4 is 5.32 Å². The third kappa shape index (κ3) is 4.58. The second kappa shape index (κ2) is 7.74. The van der Waals surface area contributed by atoms with Crippen molar-refractivity contribution in [3.8, 4) is 12.3 Å². The first kappa shape index (κ1) is 13.6. The summed E-state index contributed by atoms with van der Waals surface area (Å²) in [6.07, 6.45) is 15.7. The molecule has 0 saturated heterocycles.